The summed E-state index contributed by atoms with van der Waals surface area (Å²) in [5.41, 5.74) is 1.55. The molecule has 0 N–H and O–H groups in total. The zero-order valence-corrected chi connectivity index (χ0v) is 10.9. The molecule has 17 heavy (non-hydrogen) atoms. The van der Waals surface area contributed by atoms with Crippen LogP contribution in [0.15, 0.2) is 35.3 Å². The summed E-state index contributed by atoms with van der Waals surface area (Å²) < 4.78 is 5.66. The lowest BCUT2D eigenvalue weighted by atomic mass is 9.88. The highest BCUT2D eigenvalue weighted by molar-refractivity contribution is 5.78. The first-order valence-electron chi connectivity index (χ1n) is 6.29. The van der Waals surface area contributed by atoms with Crippen LogP contribution in [-0.2, 0) is 11.2 Å². The molecule has 1 aromatic rings. The van der Waals surface area contributed by atoms with Crippen molar-refractivity contribution in [3.63, 3.8) is 0 Å². The fraction of sp³-hybridized carbons (Fsp3) is 0.533. The molecular formula is C15H21NO. The van der Waals surface area contributed by atoms with E-state index >= 15 is 0 Å². The van der Waals surface area contributed by atoms with Gasteiger partial charge in [0.15, 0.2) is 5.90 Å². The van der Waals surface area contributed by atoms with Crippen molar-refractivity contribution in [1.29, 1.82) is 0 Å². The first kappa shape index (κ1) is 12.2. The van der Waals surface area contributed by atoms with Gasteiger partial charge in [-0.2, -0.15) is 0 Å². The average Bonchev–Trinajstić information content (AvgIpc) is 2.76. The Kier molecular flexibility index (Phi) is 3.51. The molecule has 0 unspecified atom stereocenters. The summed E-state index contributed by atoms with van der Waals surface area (Å²) in [5, 5.41) is 0. The summed E-state index contributed by atoms with van der Waals surface area (Å²) in [6.07, 6.45) is 1.92. The minimum absolute atomic E-state index is 0.203. The van der Waals surface area contributed by atoms with Gasteiger partial charge in [0.1, 0.15) is 6.61 Å². The Bertz CT molecular complexity index is 389. The summed E-state index contributed by atoms with van der Waals surface area (Å²) in [7, 11) is 0. The molecule has 0 aliphatic carbocycles. The van der Waals surface area contributed by atoms with E-state index in [0.717, 1.165) is 25.3 Å². The lowest BCUT2D eigenvalue weighted by Crippen LogP contribution is -2.25. The third kappa shape index (κ3) is 3.32. The molecule has 1 aromatic carbocycles. The van der Waals surface area contributed by atoms with Crippen molar-refractivity contribution < 1.29 is 4.74 Å². The molecule has 0 bridgehead atoms. The fourth-order valence-corrected chi connectivity index (χ4v) is 1.90. The van der Waals surface area contributed by atoms with Crippen LogP contribution >= 0.6 is 0 Å². The molecule has 0 radical (unpaired) electrons. The van der Waals surface area contributed by atoms with E-state index in [0.29, 0.717) is 6.04 Å². The van der Waals surface area contributed by atoms with Gasteiger partial charge in [0.05, 0.1) is 6.04 Å². The van der Waals surface area contributed by atoms with Crippen molar-refractivity contribution in [1.82, 2.24) is 0 Å². The summed E-state index contributed by atoms with van der Waals surface area (Å²) in [6.45, 7) is 7.38. The van der Waals surface area contributed by atoms with Crippen LogP contribution in [0.1, 0.15) is 32.8 Å². The van der Waals surface area contributed by atoms with Gasteiger partial charge in [-0.05, 0) is 17.4 Å². The van der Waals surface area contributed by atoms with Gasteiger partial charge in [0.25, 0.3) is 0 Å². The first-order chi connectivity index (χ1) is 8.05. The second-order valence-electron chi connectivity index (χ2n) is 5.70. The minimum Gasteiger partial charge on any atom is -0.479 e. The second-order valence-corrected chi connectivity index (χ2v) is 5.70. The molecule has 92 valence electrons. The van der Waals surface area contributed by atoms with E-state index < -0.39 is 0 Å². The maximum atomic E-state index is 5.66. The van der Waals surface area contributed by atoms with Gasteiger partial charge in [-0.1, -0.05) is 51.1 Å². The summed E-state index contributed by atoms with van der Waals surface area (Å²) in [5.74, 6) is 0.925. The number of benzene rings is 1. The molecule has 2 nitrogen and oxygen atoms in total. The number of ether oxygens (including phenoxy) is 1. The number of nitrogens with zero attached hydrogens (tertiary/aromatic N) is 1. The second kappa shape index (κ2) is 4.91. The lowest BCUT2D eigenvalue weighted by molar-refractivity contribution is 0.233. The van der Waals surface area contributed by atoms with Crippen molar-refractivity contribution in [3.8, 4) is 0 Å². The highest BCUT2D eigenvalue weighted by atomic mass is 16.5. The first-order valence-corrected chi connectivity index (χ1v) is 6.29. The summed E-state index contributed by atoms with van der Waals surface area (Å²) >= 11 is 0. The molecule has 1 atom stereocenters. The van der Waals surface area contributed by atoms with E-state index in [2.05, 4.69) is 50.0 Å². The standard InChI is InChI=1S/C15H21NO/c1-15(2,3)13-11-17-14(16-13)10-9-12-7-5-4-6-8-12/h4-8,13H,9-11H2,1-3H3/t13-/m1/s1. The molecule has 0 saturated carbocycles. The van der Waals surface area contributed by atoms with E-state index in [1.165, 1.54) is 5.56 Å². The van der Waals surface area contributed by atoms with Crippen LogP contribution in [0.5, 0.6) is 0 Å². The number of hydrogen-bond donors (Lipinski definition) is 0. The van der Waals surface area contributed by atoms with Crippen LogP contribution in [0.2, 0.25) is 0 Å². The quantitative estimate of drug-likeness (QED) is 0.780. The van der Waals surface area contributed by atoms with Gasteiger partial charge in [-0.15, -0.1) is 0 Å². The Morgan fingerprint density at radius 1 is 1.18 bits per heavy atom. The molecule has 0 spiro atoms. The van der Waals surface area contributed by atoms with Gasteiger partial charge in [-0.25, -0.2) is 4.99 Å². The van der Waals surface area contributed by atoms with Gasteiger partial charge in [0.2, 0.25) is 0 Å². The molecule has 0 saturated heterocycles. The SMILES string of the molecule is CC(C)(C)[C@H]1COC(CCc2ccccc2)=N1. The Hall–Kier alpha value is -1.31. The lowest BCUT2D eigenvalue weighted by Gasteiger charge is -2.21. The predicted molar refractivity (Wildman–Crippen MR) is 71.4 cm³/mol. The van der Waals surface area contributed by atoms with Crippen molar-refractivity contribution in [2.75, 3.05) is 6.61 Å². The number of aliphatic imine (C=N–C) groups is 1. The molecule has 2 heteroatoms. The average molecular weight is 231 g/mol. The van der Waals surface area contributed by atoms with Crippen molar-refractivity contribution >= 4 is 5.90 Å². The van der Waals surface area contributed by atoms with Crippen LogP contribution < -0.4 is 0 Å². The van der Waals surface area contributed by atoms with Crippen LogP contribution in [0, 0.1) is 5.41 Å². The van der Waals surface area contributed by atoms with E-state index in [1.807, 2.05) is 6.07 Å². The summed E-state index contributed by atoms with van der Waals surface area (Å²) in [6, 6.07) is 10.8. The van der Waals surface area contributed by atoms with Crippen LogP contribution in [-0.4, -0.2) is 18.5 Å². The molecule has 0 fully saturated rings. The normalized spacial score (nSPS) is 19.9. The number of hydrogen-bond acceptors (Lipinski definition) is 2. The van der Waals surface area contributed by atoms with Crippen LogP contribution in [0.25, 0.3) is 0 Å². The molecular weight excluding hydrogens is 210 g/mol. The van der Waals surface area contributed by atoms with Crippen LogP contribution in [0.4, 0.5) is 0 Å². The third-order valence-corrected chi connectivity index (χ3v) is 3.18. The topological polar surface area (TPSA) is 21.6 Å². The zero-order valence-electron chi connectivity index (χ0n) is 10.9. The Morgan fingerprint density at radius 2 is 1.88 bits per heavy atom. The Labute approximate surface area is 104 Å². The molecule has 0 aromatic heterocycles. The monoisotopic (exact) mass is 231 g/mol. The van der Waals surface area contributed by atoms with E-state index in [4.69, 9.17) is 4.74 Å². The molecule has 1 aliphatic rings. The van der Waals surface area contributed by atoms with Crippen molar-refractivity contribution in [3.05, 3.63) is 35.9 Å². The minimum atomic E-state index is 0.203. The Morgan fingerprint density at radius 3 is 2.47 bits per heavy atom. The maximum Gasteiger partial charge on any atom is 0.184 e. The smallest absolute Gasteiger partial charge is 0.184 e. The number of rotatable bonds is 3. The molecule has 0 amide bonds. The van der Waals surface area contributed by atoms with E-state index in [9.17, 15) is 0 Å². The fourth-order valence-electron chi connectivity index (χ4n) is 1.90. The highest BCUT2D eigenvalue weighted by Gasteiger charge is 2.29. The molecule has 1 heterocycles. The number of aryl methyl sites for hydroxylation is 1. The Balaban J connectivity index is 1.89. The van der Waals surface area contributed by atoms with Gasteiger partial charge < -0.3 is 4.74 Å². The molecule has 2 rings (SSSR count). The zero-order chi connectivity index (χ0) is 12.3. The third-order valence-electron chi connectivity index (χ3n) is 3.18. The van der Waals surface area contributed by atoms with Gasteiger partial charge >= 0.3 is 0 Å². The summed E-state index contributed by atoms with van der Waals surface area (Å²) in [4.78, 5) is 4.67. The van der Waals surface area contributed by atoms with Crippen LogP contribution in [0.3, 0.4) is 0 Å². The van der Waals surface area contributed by atoms with Crippen molar-refractivity contribution in [2.45, 2.75) is 39.7 Å². The van der Waals surface area contributed by atoms with Gasteiger partial charge in [0, 0.05) is 6.42 Å². The maximum absolute atomic E-state index is 5.66. The van der Waals surface area contributed by atoms with Crippen molar-refractivity contribution in [2.24, 2.45) is 10.4 Å². The van der Waals surface area contributed by atoms with E-state index in [1.54, 1.807) is 0 Å². The van der Waals surface area contributed by atoms with E-state index in [-0.39, 0.29) is 5.41 Å². The van der Waals surface area contributed by atoms with Gasteiger partial charge in [-0.3, -0.25) is 0 Å². The highest BCUT2D eigenvalue weighted by Crippen LogP contribution is 2.26. The molecule has 1 aliphatic heterocycles. The predicted octanol–water partition coefficient (Wildman–Crippen LogP) is 3.46. The largest absolute Gasteiger partial charge is 0.479 e.